The van der Waals surface area contributed by atoms with Gasteiger partial charge in [-0.3, -0.25) is 19.6 Å². The standard InChI is InChI=1S/C24H25N3O/c1-18(19-13-15-25-16-14-19)26(2)17-24(28)27-22-9-5-3-7-20(22)11-12-21-8-4-6-10-23(21)27/h3-10,13-16,18H,11-12,17H2,1-2H3. The molecule has 1 unspecified atom stereocenters. The van der Waals surface area contributed by atoms with E-state index >= 15 is 0 Å². The number of hydrogen-bond donors (Lipinski definition) is 0. The lowest BCUT2D eigenvalue weighted by Crippen LogP contribution is -2.37. The molecule has 1 aliphatic rings. The maximum atomic E-state index is 13.5. The van der Waals surface area contributed by atoms with Gasteiger partial charge in [0.15, 0.2) is 0 Å². The van der Waals surface area contributed by atoms with Crippen molar-refractivity contribution in [3.63, 3.8) is 0 Å². The summed E-state index contributed by atoms with van der Waals surface area (Å²) in [5.41, 5.74) is 5.60. The number of anilines is 2. The summed E-state index contributed by atoms with van der Waals surface area (Å²) in [7, 11) is 2.00. The van der Waals surface area contributed by atoms with Gasteiger partial charge in [-0.2, -0.15) is 0 Å². The molecule has 0 aliphatic carbocycles. The lowest BCUT2D eigenvalue weighted by Gasteiger charge is -2.30. The van der Waals surface area contributed by atoms with Crippen LogP contribution in [0.3, 0.4) is 0 Å². The highest BCUT2D eigenvalue weighted by atomic mass is 16.2. The van der Waals surface area contributed by atoms with Crippen LogP contribution < -0.4 is 4.90 Å². The second kappa shape index (κ2) is 7.95. The fraction of sp³-hybridized carbons (Fsp3) is 0.250. The number of likely N-dealkylation sites (N-methyl/N-ethyl adjacent to an activating group) is 1. The summed E-state index contributed by atoms with van der Waals surface area (Å²) < 4.78 is 0. The highest BCUT2D eigenvalue weighted by Crippen LogP contribution is 2.36. The molecule has 4 rings (SSSR count). The number of carbonyl (C=O) groups is 1. The molecular formula is C24H25N3O. The van der Waals surface area contributed by atoms with E-state index in [2.05, 4.69) is 53.2 Å². The van der Waals surface area contributed by atoms with Gasteiger partial charge in [0, 0.05) is 18.4 Å². The van der Waals surface area contributed by atoms with Crippen molar-refractivity contribution in [3.05, 3.63) is 89.7 Å². The van der Waals surface area contributed by atoms with Gasteiger partial charge < -0.3 is 0 Å². The number of fused-ring (bicyclic) bond motifs is 2. The normalized spacial score (nSPS) is 14.2. The van der Waals surface area contributed by atoms with Gasteiger partial charge in [-0.15, -0.1) is 0 Å². The summed E-state index contributed by atoms with van der Waals surface area (Å²) in [6.07, 6.45) is 5.48. The monoisotopic (exact) mass is 371 g/mol. The molecule has 1 amide bonds. The molecule has 0 saturated carbocycles. The van der Waals surface area contributed by atoms with Crippen molar-refractivity contribution in [3.8, 4) is 0 Å². The Kier molecular flexibility index (Phi) is 5.22. The van der Waals surface area contributed by atoms with Crippen molar-refractivity contribution < 1.29 is 4.79 Å². The van der Waals surface area contributed by atoms with Gasteiger partial charge >= 0.3 is 0 Å². The predicted octanol–water partition coefficient (Wildman–Crippen LogP) is 4.54. The van der Waals surface area contributed by atoms with E-state index in [1.165, 1.54) is 11.1 Å². The number of amides is 1. The molecule has 2 heterocycles. The van der Waals surface area contributed by atoms with Crippen molar-refractivity contribution in [2.75, 3.05) is 18.5 Å². The van der Waals surface area contributed by atoms with Crippen molar-refractivity contribution in [2.45, 2.75) is 25.8 Å². The summed E-state index contributed by atoms with van der Waals surface area (Å²) in [6, 6.07) is 20.6. The van der Waals surface area contributed by atoms with Crippen LogP contribution in [0.2, 0.25) is 0 Å². The van der Waals surface area contributed by atoms with Gasteiger partial charge in [0.2, 0.25) is 5.91 Å². The van der Waals surface area contributed by atoms with Crippen molar-refractivity contribution in [1.82, 2.24) is 9.88 Å². The van der Waals surface area contributed by atoms with E-state index in [0.29, 0.717) is 6.54 Å². The lowest BCUT2D eigenvalue weighted by atomic mass is 10.0. The molecule has 0 spiro atoms. The van der Waals surface area contributed by atoms with Gasteiger partial charge in [0.1, 0.15) is 0 Å². The first-order chi connectivity index (χ1) is 13.6. The maximum absolute atomic E-state index is 13.5. The number of nitrogens with zero attached hydrogens (tertiary/aromatic N) is 3. The van der Waals surface area contributed by atoms with Crippen molar-refractivity contribution in [2.24, 2.45) is 0 Å². The van der Waals surface area contributed by atoms with Crippen LogP contribution in [-0.4, -0.2) is 29.4 Å². The minimum absolute atomic E-state index is 0.0882. The van der Waals surface area contributed by atoms with Gasteiger partial charge in [0.05, 0.1) is 17.9 Å². The number of aryl methyl sites for hydroxylation is 2. The molecule has 1 aliphatic heterocycles. The third-order valence-corrected chi connectivity index (χ3v) is 5.61. The fourth-order valence-electron chi connectivity index (χ4n) is 3.87. The average Bonchev–Trinajstić information content (AvgIpc) is 2.90. The highest BCUT2D eigenvalue weighted by Gasteiger charge is 2.27. The van der Waals surface area contributed by atoms with Crippen LogP contribution >= 0.6 is 0 Å². The minimum Gasteiger partial charge on any atom is -0.291 e. The molecule has 0 radical (unpaired) electrons. The molecule has 0 bridgehead atoms. The van der Waals surface area contributed by atoms with Crippen LogP contribution in [-0.2, 0) is 17.6 Å². The molecule has 4 nitrogen and oxygen atoms in total. The zero-order valence-electron chi connectivity index (χ0n) is 16.4. The number of aromatic nitrogens is 1. The Balaban J connectivity index is 1.65. The van der Waals surface area contributed by atoms with Gasteiger partial charge in [-0.1, -0.05) is 36.4 Å². The van der Waals surface area contributed by atoms with Crippen molar-refractivity contribution >= 4 is 17.3 Å². The predicted molar refractivity (Wildman–Crippen MR) is 113 cm³/mol. The summed E-state index contributed by atoms with van der Waals surface area (Å²) in [4.78, 5) is 21.6. The molecular weight excluding hydrogens is 346 g/mol. The lowest BCUT2D eigenvalue weighted by molar-refractivity contribution is -0.119. The Morgan fingerprint density at radius 1 is 0.964 bits per heavy atom. The SMILES string of the molecule is CC(c1ccncc1)N(C)CC(=O)N1c2ccccc2CCc2ccccc21. The van der Waals surface area contributed by atoms with E-state index in [1.807, 2.05) is 36.2 Å². The number of hydrogen-bond acceptors (Lipinski definition) is 3. The summed E-state index contributed by atoms with van der Waals surface area (Å²) in [5, 5.41) is 0. The quantitative estimate of drug-likeness (QED) is 0.676. The third kappa shape index (κ3) is 3.56. The number of benzene rings is 2. The first-order valence-electron chi connectivity index (χ1n) is 9.74. The number of para-hydroxylation sites is 2. The summed E-state index contributed by atoms with van der Waals surface area (Å²) in [5.74, 6) is 0.0882. The molecule has 3 aromatic rings. The van der Waals surface area contributed by atoms with E-state index < -0.39 is 0 Å². The molecule has 1 atom stereocenters. The Labute approximate surface area is 166 Å². The highest BCUT2D eigenvalue weighted by molar-refractivity contribution is 6.03. The Morgan fingerprint density at radius 3 is 2.07 bits per heavy atom. The zero-order valence-corrected chi connectivity index (χ0v) is 16.4. The first kappa shape index (κ1) is 18.4. The second-order valence-corrected chi connectivity index (χ2v) is 7.36. The van der Waals surface area contributed by atoms with Gasteiger partial charge in [0.25, 0.3) is 0 Å². The van der Waals surface area contributed by atoms with Crippen LogP contribution in [0.5, 0.6) is 0 Å². The molecule has 142 valence electrons. The largest absolute Gasteiger partial charge is 0.291 e. The van der Waals surface area contributed by atoms with Crippen LogP contribution in [0.25, 0.3) is 0 Å². The first-order valence-corrected chi connectivity index (χ1v) is 9.74. The fourth-order valence-corrected chi connectivity index (χ4v) is 3.87. The van der Waals surface area contributed by atoms with E-state index in [-0.39, 0.29) is 11.9 Å². The molecule has 0 N–H and O–H groups in total. The summed E-state index contributed by atoms with van der Waals surface area (Å²) >= 11 is 0. The molecule has 4 heteroatoms. The second-order valence-electron chi connectivity index (χ2n) is 7.36. The Morgan fingerprint density at radius 2 is 1.50 bits per heavy atom. The Hall–Kier alpha value is -2.98. The van der Waals surface area contributed by atoms with Gasteiger partial charge in [-0.25, -0.2) is 0 Å². The number of pyridine rings is 1. The van der Waals surface area contributed by atoms with Gasteiger partial charge in [-0.05, 0) is 67.8 Å². The van der Waals surface area contributed by atoms with E-state index in [0.717, 1.165) is 29.8 Å². The molecule has 0 fully saturated rings. The molecule has 1 aromatic heterocycles. The smallest absolute Gasteiger partial charge is 0.245 e. The van der Waals surface area contributed by atoms with Crippen LogP contribution in [0.15, 0.2) is 73.1 Å². The number of carbonyl (C=O) groups excluding carboxylic acids is 1. The van der Waals surface area contributed by atoms with E-state index in [9.17, 15) is 4.79 Å². The third-order valence-electron chi connectivity index (χ3n) is 5.61. The molecule has 2 aromatic carbocycles. The zero-order chi connectivity index (χ0) is 19.5. The van der Waals surface area contributed by atoms with Crippen LogP contribution in [0, 0.1) is 0 Å². The Bertz CT molecular complexity index is 923. The average molecular weight is 371 g/mol. The van der Waals surface area contributed by atoms with Crippen molar-refractivity contribution in [1.29, 1.82) is 0 Å². The minimum atomic E-state index is 0.0882. The maximum Gasteiger partial charge on any atom is 0.245 e. The molecule has 28 heavy (non-hydrogen) atoms. The van der Waals surface area contributed by atoms with Crippen LogP contribution in [0.1, 0.15) is 29.7 Å². The van der Waals surface area contributed by atoms with E-state index in [1.54, 1.807) is 12.4 Å². The topological polar surface area (TPSA) is 36.4 Å². The molecule has 0 saturated heterocycles. The number of rotatable bonds is 4. The van der Waals surface area contributed by atoms with Crippen LogP contribution in [0.4, 0.5) is 11.4 Å². The van der Waals surface area contributed by atoms with E-state index in [4.69, 9.17) is 0 Å². The summed E-state index contributed by atoms with van der Waals surface area (Å²) in [6.45, 7) is 2.46.